The normalized spacial score (nSPS) is 17.6. The van der Waals surface area contributed by atoms with Crippen molar-refractivity contribution in [2.45, 2.75) is 44.4 Å². The number of carbonyl (C=O) groups excluding carboxylic acids is 2. The topological polar surface area (TPSA) is 91.8 Å². The molecule has 0 bridgehead atoms. The lowest BCUT2D eigenvalue weighted by atomic mass is 9.98. The predicted molar refractivity (Wildman–Crippen MR) is 109 cm³/mol. The summed E-state index contributed by atoms with van der Waals surface area (Å²) in [6, 6.07) is 2.01. The minimum absolute atomic E-state index is 0.0596. The molecule has 2 aliphatic rings. The van der Waals surface area contributed by atoms with Crippen LogP contribution in [-0.4, -0.2) is 49.8 Å². The van der Waals surface area contributed by atoms with Crippen molar-refractivity contribution < 1.29 is 9.59 Å². The smallest absolute Gasteiger partial charge is 0.246 e. The first kappa shape index (κ1) is 19.2. The van der Waals surface area contributed by atoms with Crippen LogP contribution in [0.4, 0.5) is 0 Å². The summed E-state index contributed by atoms with van der Waals surface area (Å²) in [5.74, 6) is 0.274. The third kappa shape index (κ3) is 4.34. The molecule has 1 fully saturated rings. The van der Waals surface area contributed by atoms with Gasteiger partial charge in [-0.3, -0.25) is 24.7 Å². The number of ketones is 1. The number of H-pyrrole nitrogens is 1. The molecule has 1 aliphatic carbocycles. The van der Waals surface area contributed by atoms with Crippen LogP contribution < -0.4 is 0 Å². The number of nitrogens with zero attached hydrogens (tertiary/aromatic N) is 4. The second-order valence-electron chi connectivity index (χ2n) is 7.75. The van der Waals surface area contributed by atoms with E-state index in [2.05, 4.69) is 26.7 Å². The summed E-state index contributed by atoms with van der Waals surface area (Å²) in [7, 11) is 0. The van der Waals surface area contributed by atoms with Crippen LogP contribution in [0, 0.1) is 0 Å². The Labute approximate surface area is 169 Å². The average Bonchev–Trinajstić information content (AvgIpc) is 3.52. The van der Waals surface area contributed by atoms with Gasteiger partial charge in [0.1, 0.15) is 5.78 Å². The van der Waals surface area contributed by atoms with Gasteiger partial charge in [0, 0.05) is 37.3 Å². The molecule has 1 aliphatic heterocycles. The maximum Gasteiger partial charge on any atom is 0.246 e. The molecule has 3 heterocycles. The molecule has 7 heteroatoms. The van der Waals surface area contributed by atoms with Gasteiger partial charge in [0.2, 0.25) is 5.91 Å². The van der Waals surface area contributed by atoms with Gasteiger partial charge in [-0.25, -0.2) is 0 Å². The van der Waals surface area contributed by atoms with Crippen molar-refractivity contribution in [1.82, 2.24) is 25.1 Å². The molecule has 0 aromatic carbocycles. The van der Waals surface area contributed by atoms with E-state index in [1.807, 2.05) is 19.1 Å². The number of aromatic nitrogens is 4. The fourth-order valence-electron chi connectivity index (χ4n) is 3.52. The van der Waals surface area contributed by atoms with Crippen molar-refractivity contribution in [3.63, 3.8) is 0 Å². The third-order valence-corrected chi connectivity index (χ3v) is 5.63. The molecule has 1 saturated carbocycles. The molecule has 0 saturated heterocycles. The first-order chi connectivity index (χ1) is 14.0. The maximum atomic E-state index is 12.7. The number of rotatable bonds is 7. The summed E-state index contributed by atoms with van der Waals surface area (Å²) in [4.78, 5) is 35.1. The van der Waals surface area contributed by atoms with E-state index in [0.29, 0.717) is 31.1 Å². The zero-order valence-electron chi connectivity index (χ0n) is 16.6. The lowest BCUT2D eigenvalue weighted by molar-refractivity contribution is -0.125. The number of hydrogen-bond donors (Lipinski definition) is 1. The van der Waals surface area contributed by atoms with Crippen LogP contribution in [0.15, 0.2) is 37.2 Å². The summed E-state index contributed by atoms with van der Waals surface area (Å²) in [6.07, 6.45) is 10.2. The molecule has 1 unspecified atom stereocenters. The molecular weight excluding hydrogens is 366 g/mol. The van der Waals surface area contributed by atoms with Gasteiger partial charge in [-0.1, -0.05) is 12.7 Å². The Morgan fingerprint density at radius 1 is 1.34 bits per heavy atom. The Morgan fingerprint density at radius 3 is 2.79 bits per heavy atom. The number of carbonyl (C=O) groups is 2. The Morgan fingerprint density at radius 2 is 2.17 bits per heavy atom. The highest BCUT2D eigenvalue weighted by Gasteiger charge is 2.27. The molecule has 29 heavy (non-hydrogen) atoms. The maximum absolute atomic E-state index is 12.7. The summed E-state index contributed by atoms with van der Waals surface area (Å²) in [6.45, 7) is 6.58. The minimum atomic E-state index is -0.328. The molecule has 2 aromatic heterocycles. The Hall–Kier alpha value is -3.09. The van der Waals surface area contributed by atoms with Gasteiger partial charge in [-0.2, -0.15) is 5.10 Å². The summed E-state index contributed by atoms with van der Waals surface area (Å²) >= 11 is 0. The van der Waals surface area contributed by atoms with Crippen molar-refractivity contribution in [2.24, 2.45) is 0 Å². The van der Waals surface area contributed by atoms with E-state index >= 15 is 0 Å². The van der Waals surface area contributed by atoms with Gasteiger partial charge in [-0.15, -0.1) is 0 Å². The van der Waals surface area contributed by atoms with E-state index in [1.54, 1.807) is 17.3 Å². The minimum Gasteiger partial charge on any atom is -0.335 e. The van der Waals surface area contributed by atoms with Crippen molar-refractivity contribution in [2.75, 3.05) is 13.1 Å². The molecule has 1 N–H and O–H groups in total. The SMILES string of the molecule is C=CC(=O)N1CC=C(c2cnc(C(C)C(=O)Cc3cc(C4CC4)n[nH]3)cn2)CC1. The van der Waals surface area contributed by atoms with Crippen molar-refractivity contribution in [1.29, 1.82) is 0 Å². The molecule has 2 aromatic rings. The number of nitrogens with one attached hydrogen (secondary N) is 1. The van der Waals surface area contributed by atoms with Crippen LogP contribution >= 0.6 is 0 Å². The Bertz CT molecular complexity index is 956. The summed E-state index contributed by atoms with van der Waals surface area (Å²) < 4.78 is 0. The second-order valence-corrected chi connectivity index (χ2v) is 7.75. The highest BCUT2D eigenvalue weighted by molar-refractivity contribution is 5.88. The van der Waals surface area contributed by atoms with E-state index in [4.69, 9.17) is 0 Å². The van der Waals surface area contributed by atoms with Crippen LogP contribution in [0.5, 0.6) is 0 Å². The third-order valence-electron chi connectivity index (χ3n) is 5.63. The second kappa shape index (κ2) is 8.11. The van der Waals surface area contributed by atoms with Gasteiger partial charge in [0.05, 0.1) is 29.2 Å². The number of aromatic amines is 1. The molecule has 7 nitrogen and oxygen atoms in total. The highest BCUT2D eigenvalue weighted by Crippen LogP contribution is 2.39. The van der Waals surface area contributed by atoms with Crippen LogP contribution in [-0.2, 0) is 16.0 Å². The van der Waals surface area contributed by atoms with Crippen LogP contribution in [0.1, 0.15) is 60.8 Å². The first-order valence-electron chi connectivity index (χ1n) is 10.0. The zero-order chi connectivity index (χ0) is 20.4. The van der Waals surface area contributed by atoms with Crippen LogP contribution in [0.25, 0.3) is 5.57 Å². The van der Waals surface area contributed by atoms with Crippen molar-refractivity contribution >= 4 is 17.3 Å². The summed E-state index contributed by atoms with van der Waals surface area (Å²) in [5, 5.41) is 7.29. The van der Waals surface area contributed by atoms with Crippen LogP contribution in [0.3, 0.4) is 0 Å². The number of hydrogen-bond acceptors (Lipinski definition) is 5. The monoisotopic (exact) mass is 391 g/mol. The summed E-state index contributed by atoms with van der Waals surface area (Å²) in [5.41, 5.74) is 4.46. The van der Waals surface area contributed by atoms with Gasteiger partial charge < -0.3 is 4.90 Å². The largest absolute Gasteiger partial charge is 0.335 e. The van der Waals surface area contributed by atoms with Crippen molar-refractivity contribution in [3.8, 4) is 0 Å². The molecule has 0 spiro atoms. The van der Waals surface area contributed by atoms with Gasteiger partial charge in [0.15, 0.2) is 0 Å². The average molecular weight is 391 g/mol. The van der Waals surface area contributed by atoms with E-state index in [9.17, 15) is 9.59 Å². The molecule has 1 atom stereocenters. The molecule has 150 valence electrons. The fraction of sp³-hybridized carbons (Fsp3) is 0.409. The lowest BCUT2D eigenvalue weighted by Crippen LogP contribution is -2.33. The molecule has 4 rings (SSSR count). The molecular formula is C22H25N5O2. The fourth-order valence-corrected chi connectivity index (χ4v) is 3.52. The van der Waals surface area contributed by atoms with Crippen LogP contribution in [0.2, 0.25) is 0 Å². The highest BCUT2D eigenvalue weighted by atomic mass is 16.2. The van der Waals surface area contributed by atoms with Crippen molar-refractivity contribution in [3.05, 3.63) is 60.0 Å². The number of amides is 1. The van der Waals surface area contributed by atoms with E-state index in [1.165, 1.54) is 18.9 Å². The number of Topliss-reactive ketones (excluding diaryl/α,β-unsaturated/α-hetero) is 1. The standard InChI is InChI=1S/C22H25N5O2/c1-3-22(29)27-8-6-16(7-9-27)20-13-23-19(12-24-20)14(2)21(28)11-17-10-18(26-25-17)15-4-5-15/h3,6,10,12-15H,1,4-5,7-9,11H2,2H3,(H,25,26). The van der Waals surface area contributed by atoms with E-state index in [0.717, 1.165) is 29.1 Å². The van der Waals surface area contributed by atoms with E-state index < -0.39 is 0 Å². The Balaban J connectivity index is 1.37. The Kier molecular flexibility index (Phi) is 5.38. The lowest BCUT2D eigenvalue weighted by Gasteiger charge is -2.25. The van der Waals surface area contributed by atoms with Gasteiger partial charge in [0.25, 0.3) is 0 Å². The van der Waals surface area contributed by atoms with E-state index in [-0.39, 0.29) is 17.6 Å². The quantitative estimate of drug-likeness (QED) is 0.733. The van der Waals surface area contributed by atoms with Gasteiger partial charge in [-0.05, 0) is 43.9 Å². The molecule has 0 radical (unpaired) electrons. The van der Waals surface area contributed by atoms with Gasteiger partial charge >= 0.3 is 0 Å². The first-order valence-corrected chi connectivity index (χ1v) is 10.0. The molecule has 1 amide bonds. The predicted octanol–water partition coefficient (Wildman–Crippen LogP) is 2.79. The zero-order valence-corrected chi connectivity index (χ0v) is 16.6.